The molecular formula is C24H39N5O10. The third kappa shape index (κ3) is 8.36. The van der Waals surface area contributed by atoms with Crippen molar-refractivity contribution in [1.82, 2.24) is 19.8 Å². The Morgan fingerprint density at radius 3 is 2.38 bits per heavy atom. The Morgan fingerprint density at radius 1 is 1.26 bits per heavy atom. The second-order valence-electron chi connectivity index (χ2n) is 10.7. The van der Waals surface area contributed by atoms with E-state index in [0.29, 0.717) is 19.4 Å². The lowest BCUT2D eigenvalue weighted by Gasteiger charge is -2.30. The molecule has 15 nitrogen and oxygen atoms in total. The molecule has 0 spiro atoms. The zero-order chi connectivity index (χ0) is 29.7. The van der Waals surface area contributed by atoms with E-state index in [9.17, 15) is 34.5 Å². The number of carbonyl (C=O) groups excluding carboxylic acids is 2. The highest BCUT2D eigenvalue weighted by molar-refractivity contribution is 5.90. The number of hydrogen-bond acceptors (Lipinski definition) is 11. The summed E-state index contributed by atoms with van der Waals surface area (Å²) in [5.74, 6) is -1.50. The van der Waals surface area contributed by atoms with E-state index in [4.69, 9.17) is 20.3 Å². The number of aliphatic hydroxyl groups excluding tert-OH is 3. The summed E-state index contributed by atoms with van der Waals surface area (Å²) in [4.78, 5) is 52.0. The van der Waals surface area contributed by atoms with E-state index >= 15 is 0 Å². The number of aliphatic hydroxyl groups is 3. The Bertz CT molecular complexity index is 1070. The number of aromatic nitrogens is 2. The van der Waals surface area contributed by atoms with Crippen LogP contribution < -0.4 is 16.7 Å². The molecule has 1 aromatic rings. The summed E-state index contributed by atoms with van der Waals surface area (Å²) >= 11 is 0. The van der Waals surface area contributed by atoms with Gasteiger partial charge < -0.3 is 45.9 Å². The number of anilines is 1. The molecule has 39 heavy (non-hydrogen) atoms. The van der Waals surface area contributed by atoms with Gasteiger partial charge in [-0.25, -0.2) is 14.4 Å². The minimum atomic E-state index is -1.31. The number of likely N-dealkylation sites (tertiary alicyclic amines) is 1. The SMILES string of the molecule is CC(C)[C@H](NC(=O)OC(C)(C)C)C(=O)N1CCC[C@H]1C(=O)O.Nc1ccn([C@@H]2O[C@H](CO)[C@@H](O)[C@@H]2O)c(=O)n1. The van der Waals surface area contributed by atoms with Crippen LogP contribution in [-0.2, 0) is 19.1 Å². The molecule has 1 aromatic heterocycles. The Labute approximate surface area is 225 Å². The van der Waals surface area contributed by atoms with E-state index in [1.807, 2.05) is 0 Å². The van der Waals surface area contributed by atoms with Crippen LogP contribution >= 0.6 is 0 Å². The quantitative estimate of drug-likeness (QED) is 0.249. The molecule has 0 aromatic carbocycles. The number of amides is 2. The van der Waals surface area contributed by atoms with E-state index < -0.39 is 66.6 Å². The first-order valence-electron chi connectivity index (χ1n) is 12.6. The van der Waals surface area contributed by atoms with E-state index in [1.165, 1.54) is 17.2 Å². The maximum Gasteiger partial charge on any atom is 0.408 e. The van der Waals surface area contributed by atoms with Gasteiger partial charge in [-0.3, -0.25) is 9.36 Å². The summed E-state index contributed by atoms with van der Waals surface area (Å²) in [5, 5.41) is 39.9. The highest BCUT2D eigenvalue weighted by Crippen LogP contribution is 2.28. The van der Waals surface area contributed by atoms with Crippen LogP contribution in [0.4, 0.5) is 10.6 Å². The van der Waals surface area contributed by atoms with Gasteiger partial charge in [0.2, 0.25) is 5.91 Å². The van der Waals surface area contributed by atoms with Crippen LogP contribution in [0.2, 0.25) is 0 Å². The van der Waals surface area contributed by atoms with Gasteiger partial charge in [-0.2, -0.15) is 4.98 Å². The largest absolute Gasteiger partial charge is 0.480 e. The summed E-state index contributed by atoms with van der Waals surface area (Å²) < 4.78 is 11.4. The number of ether oxygens (including phenoxy) is 2. The summed E-state index contributed by atoms with van der Waals surface area (Å²) in [6, 6.07) is -0.236. The average molecular weight is 558 g/mol. The standard InChI is InChI=1S/C15H26N2O5.C9H13N3O5/c1-9(2)11(16-14(21)22-15(3,4)5)12(18)17-8-6-7-10(17)13(19)20;10-5-1-2-12(9(16)11-5)8-7(15)6(14)4(3-13)17-8/h9-11H,6-8H2,1-5H3,(H,16,21)(H,19,20);1-2,4,6-8,13-15H,3H2,(H2,10,11,16)/t10-,11-;4-,6-,7+,8-/m01/s1. The van der Waals surface area contributed by atoms with Gasteiger partial charge in [0.25, 0.3) is 0 Å². The van der Waals surface area contributed by atoms with Gasteiger partial charge in [0.1, 0.15) is 41.8 Å². The lowest BCUT2D eigenvalue weighted by molar-refractivity contribution is -0.149. The minimum absolute atomic E-state index is 0.0537. The van der Waals surface area contributed by atoms with Crippen molar-refractivity contribution in [1.29, 1.82) is 0 Å². The van der Waals surface area contributed by atoms with E-state index in [2.05, 4.69) is 10.3 Å². The average Bonchev–Trinajstić information content (AvgIpc) is 3.42. The molecule has 2 aliphatic heterocycles. The molecule has 220 valence electrons. The second kappa shape index (κ2) is 13.2. The van der Waals surface area contributed by atoms with Crippen molar-refractivity contribution >= 4 is 23.8 Å². The van der Waals surface area contributed by atoms with Crippen LogP contribution in [0.1, 0.15) is 53.7 Å². The van der Waals surface area contributed by atoms with Crippen LogP contribution in [-0.4, -0.2) is 102 Å². The summed E-state index contributed by atoms with van der Waals surface area (Å²) in [5.41, 5.74) is 3.97. The molecule has 6 atom stereocenters. The van der Waals surface area contributed by atoms with E-state index in [1.54, 1.807) is 34.6 Å². The predicted molar refractivity (Wildman–Crippen MR) is 136 cm³/mol. The third-order valence-electron chi connectivity index (χ3n) is 6.07. The third-order valence-corrected chi connectivity index (χ3v) is 6.07. The number of rotatable bonds is 6. The highest BCUT2D eigenvalue weighted by Gasteiger charge is 2.44. The highest BCUT2D eigenvalue weighted by atomic mass is 16.6. The lowest BCUT2D eigenvalue weighted by Crippen LogP contribution is -2.54. The first-order chi connectivity index (χ1) is 18.1. The zero-order valence-corrected chi connectivity index (χ0v) is 22.7. The zero-order valence-electron chi connectivity index (χ0n) is 22.7. The topological polar surface area (TPSA) is 227 Å². The van der Waals surface area contributed by atoms with Crippen LogP contribution in [0.5, 0.6) is 0 Å². The van der Waals surface area contributed by atoms with Crippen LogP contribution in [0, 0.1) is 5.92 Å². The van der Waals surface area contributed by atoms with Crippen LogP contribution in [0.25, 0.3) is 0 Å². The molecule has 0 bridgehead atoms. The number of nitrogens with two attached hydrogens (primary N) is 1. The number of aliphatic carboxylic acids is 1. The Balaban J connectivity index is 0.000000282. The van der Waals surface area contributed by atoms with Crippen LogP contribution in [0.15, 0.2) is 17.1 Å². The normalized spacial score (nSPS) is 25.6. The number of carboxylic acid groups (broad SMARTS) is 1. The Kier molecular flexibility index (Phi) is 10.8. The van der Waals surface area contributed by atoms with Crippen molar-refractivity contribution in [3.63, 3.8) is 0 Å². The number of nitrogens with one attached hydrogen (secondary N) is 1. The molecule has 2 amide bonds. The van der Waals surface area contributed by atoms with Gasteiger partial charge in [-0.15, -0.1) is 0 Å². The van der Waals surface area contributed by atoms with E-state index in [-0.39, 0.29) is 17.6 Å². The van der Waals surface area contributed by atoms with Crippen LogP contribution in [0.3, 0.4) is 0 Å². The Morgan fingerprint density at radius 2 is 1.90 bits per heavy atom. The van der Waals surface area contributed by atoms with Crippen molar-refractivity contribution < 1.29 is 44.3 Å². The molecule has 2 aliphatic rings. The number of carboxylic acids is 1. The molecule has 15 heteroatoms. The summed E-state index contributed by atoms with van der Waals surface area (Å²) in [6.07, 6.45) is -2.85. The molecule has 7 N–H and O–H groups in total. The van der Waals surface area contributed by atoms with Crippen molar-refractivity contribution in [2.45, 2.75) is 89.7 Å². The van der Waals surface area contributed by atoms with Gasteiger partial charge in [-0.05, 0) is 45.6 Å². The molecule has 3 rings (SSSR count). The van der Waals surface area contributed by atoms with Crippen molar-refractivity contribution in [2.24, 2.45) is 5.92 Å². The maximum atomic E-state index is 12.6. The Hall–Kier alpha value is -3.27. The molecule has 3 heterocycles. The second-order valence-corrected chi connectivity index (χ2v) is 10.7. The molecule has 2 saturated heterocycles. The first kappa shape index (κ1) is 31.9. The molecule has 2 fully saturated rings. The van der Waals surface area contributed by atoms with Crippen molar-refractivity contribution in [3.05, 3.63) is 22.7 Å². The fourth-order valence-electron chi connectivity index (χ4n) is 4.14. The molecule has 0 unspecified atom stereocenters. The number of nitrogen functional groups attached to an aromatic ring is 1. The van der Waals surface area contributed by atoms with E-state index in [0.717, 1.165) is 4.57 Å². The molecule has 0 aliphatic carbocycles. The number of carbonyl (C=O) groups is 3. The smallest absolute Gasteiger partial charge is 0.408 e. The fraction of sp³-hybridized carbons (Fsp3) is 0.708. The molecule has 0 radical (unpaired) electrons. The predicted octanol–water partition coefficient (Wildman–Crippen LogP) is -0.952. The number of hydrogen-bond donors (Lipinski definition) is 6. The van der Waals surface area contributed by atoms with Crippen molar-refractivity contribution in [2.75, 3.05) is 18.9 Å². The van der Waals surface area contributed by atoms with Gasteiger partial charge >= 0.3 is 17.8 Å². The fourth-order valence-corrected chi connectivity index (χ4v) is 4.14. The summed E-state index contributed by atoms with van der Waals surface area (Å²) in [7, 11) is 0. The number of nitrogens with zero attached hydrogens (tertiary/aromatic N) is 3. The van der Waals surface area contributed by atoms with Crippen molar-refractivity contribution in [3.8, 4) is 0 Å². The maximum absolute atomic E-state index is 12.6. The van der Waals surface area contributed by atoms with Gasteiger partial charge in [0.15, 0.2) is 6.23 Å². The lowest BCUT2D eigenvalue weighted by atomic mass is 10.0. The summed E-state index contributed by atoms with van der Waals surface area (Å²) in [6.45, 7) is 8.75. The number of alkyl carbamates (subject to hydrolysis) is 1. The molecule has 0 saturated carbocycles. The monoisotopic (exact) mass is 557 g/mol. The van der Waals surface area contributed by atoms with Gasteiger partial charge in [0, 0.05) is 12.7 Å². The van der Waals surface area contributed by atoms with Gasteiger partial charge in [-0.1, -0.05) is 13.8 Å². The first-order valence-corrected chi connectivity index (χ1v) is 12.6. The van der Waals surface area contributed by atoms with Gasteiger partial charge in [0.05, 0.1) is 6.61 Å². The molecular weight excluding hydrogens is 518 g/mol. The minimum Gasteiger partial charge on any atom is -0.480 e.